The number of likely N-dealkylation sites (N-methyl/N-ethyl adjacent to an activating group) is 1. The predicted octanol–water partition coefficient (Wildman–Crippen LogP) is 3.03. The molecule has 0 aliphatic carbocycles. The molecule has 4 nitrogen and oxygen atoms in total. The fraction of sp³-hybridized carbons (Fsp3) is 0.533. The molecule has 106 valence electrons. The Morgan fingerprint density at radius 2 is 2.05 bits per heavy atom. The van der Waals surface area contributed by atoms with Crippen LogP contribution in [0.4, 0.5) is 0 Å². The highest BCUT2D eigenvalue weighted by Crippen LogP contribution is 2.27. The maximum absolute atomic E-state index is 4.79. The molecule has 0 N–H and O–H groups in total. The summed E-state index contributed by atoms with van der Waals surface area (Å²) in [7, 11) is 2.17. The number of rotatable bonds is 2. The van der Waals surface area contributed by atoms with E-state index in [1.807, 2.05) is 19.9 Å². The summed E-state index contributed by atoms with van der Waals surface area (Å²) in [5.74, 6) is 1.44. The number of aryl methyl sites for hydroxylation is 2. The van der Waals surface area contributed by atoms with Gasteiger partial charge in [0.15, 0.2) is 0 Å². The van der Waals surface area contributed by atoms with Gasteiger partial charge in [0.05, 0.1) is 0 Å². The second kappa shape index (κ2) is 5.58. The van der Waals surface area contributed by atoms with Crippen molar-refractivity contribution in [2.75, 3.05) is 20.1 Å². The summed E-state index contributed by atoms with van der Waals surface area (Å²) in [6.07, 6.45) is 2.41. The standard InChI is InChI=1S/C15H20N4S/c1-10-7-13(15-17-11(2)9-20-15)18-14(16-10)12-5-4-6-19(3)8-12/h7,9,12H,4-6,8H2,1-3H3/t12-/m0/s1. The molecule has 1 atom stereocenters. The van der Waals surface area contributed by atoms with Crippen molar-refractivity contribution in [1.82, 2.24) is 19.9 Å². The SMILES string of the molecule is Cc1cc(-c2nc(C)cs2)nc([C@H]2CCCN(C)C2)n1. The molecule has 1 fully saturated rings. The predicted molar refractivity (Wildman–Crippen MR) is 82.1 cm³/mol. The molecule has 5 heteroatoms. The molecule has 0 saturated carbocycles. The second-order valence-electron chi connectivity index (χ2n) is 5.65. The Morgan fingerprint density at radius 3 is 2.75 bits per heavy atom. The Balaban J connectivity index is 1.94. The normalized spacial score (nSPS) is 20.2. The van der Waals surface area contributed by atoms with Gasteiger partial charge in [0.2, 0.25) is 0 Å². The van der Waals surface area contributed by atoms with E-state index in [1.54, 1.807) is 11.3 Å². The molecular formula is C15H20N4S. The lowest BCUT2D eigenvalue weighted by Gasteiger charge is -2.28. The summed E-state index contributed by atoms with van der Waals surface area (Å²) in [5.41, 5.74) is 3.06. The molecule has 0 amide bonds. The Morgan fingerprint density at radius 1 is 1.20 bits per heavy atom. The lowest BCUT2D eigenvalue weighted by molar-refractivity contribution is 0.246. The van der Waals surface area contributed by atoms with Crippen LogP contribution in [0.5, 0.6) is 0 Å². The molecule has 0 unspecified atom stereocenters. The molecule has 2 aromatic heterocycles. The van der Waals surface area contributed by atoms with Crippen LogP contribution in [0.2, 0.25) is 0 Å². The van der Waals surface area contributed by atoms with Crippen molar-refractivity contribution in [2.24, 2.45) is 0 Å². The highest BCUT2D eigenvalue weighted by molar-refractivity contribution is 7.13. The van der Waals surface area contributed by atoms with Gasteiger partial charge in [-0.25, -0.2) is 15.0 Å². The van der Waals surface area contributed by atoms with Gasteiger partial charge in [-0.05, 0) is 46.3 Å². The van der Waals surface area contributed by atoms with Gasteiger partial charge in [0.25, 0.3) is 0 Å². The van der Waals surface area contributed by atoms with Crippen LogP contribution in [0, 0.1) is 13.8 Å². The first-order valence-corrected chi connectivity index (χ1v) is 7.96. The van der Waals surface area contributed by atoms with Crippen LogP contribution in [0.1, 0.15) is 36.0 Å². The zero-order valence-corrected chi connectivity index (χ0v) is 13.1. The zero-order chi connectivity index (χ0) is 14.1. The number of thiazole rings is 1. The highest BCUT2D eigenvalue weighted by Gasteiger charge is 2.22. The fourth-order valence-electron chi connectivity index (χ4n) is 2.73. The summed E-state index contributed by atoms with van der Waals surface area (Å²) in [6.45, 7) is 6.30. The first-order valence-electron chi connectivity index (χ1n) is 7.08. The van der Waals surface area contributed by atoms with Crippen LogP contribution >= 0.6 is 11.3 Å². The van der Waals surface area contributed by atoms with Crippen molar-refractivity contribution in [3.63, 3.8) is 0 Å². The Labute approximate surface area is 123 Å². The molecule has 1 aliphatic rings. The third kappa shape index (κ3) is 2.88. The van der Waals surface area contributed by atoms with Crippen molar-refractivity contribution in [3.8, 4) is 10.7 Å². The quantitative estimate of drug-likeness (QED) is 0.852. The van der Waals surface area contributed by atoms with Crippen LogP contribution < -0.4 is 0 Å². The number of nitrogens with zero attached hydrogens (tertiary/aromatic N) is 4. The first-order chi connectivity index (χ1) is 9.61. The van der Waals surface area contributed by atoms with Crippen LogP contribution in [0.25, 0.3) is 10.7 Å². The maximum atomic E-state index is 4.79. The van der Waals surface area contributed by atoms with Crippen molar-refractivity contribution in [2.45, 2.75) is 32.6 Å². The van der Waals surface area contributed by atoms with Gasteiger partial charge in [-0.2, -0.15) is 0 Å². The lowest BCUT2D eigenvalue weighted by atomic mass is 9.97. The summed E-state index contributed by atoms with van der Waals surface area (Å²) >= 11 is 1.66. The number of likely N-dealkylation sites (tertiary alicyclic amines) is 1. The lowest BCUT2D eigenvalue weighted by Crippen LogP contribution is -2.31. The molecule has 1 saturated heterocycles. The van der Waals surface area contributed by atoms with E-state index in [1.165, 1.54) is 19.4 Å². The van der Waals surface area contributed by atoms with E-state index in [0.29, 0.717) is 5.92 Å². The second-order valence-corrected chi connectivity index (χ2v) is 6.51. The van der Waals surface area contributed by atoms with Crippen LogP contribution in [-0.4, -0.2) is 40.0 Å². The summed E-state index contributed by atoms with van der Waals surface area (Å²) in [4.78, 5) is 16.4. The molecule has 20 heavy (non-hydrogen) atoms. The average molecular weight is 288 g/mol. The van der Waals surface area contributed by atoms with Crippen molar-refractivity contribution in [3.05, 3.63) is 28.7 Å². The number of hydrogen-bond donors (Lipinski definition) is 0. The molecule has 3 heterocycles. The van der Waals surface area contributed by atoms with Crippen molar-refractivity contribution in [1.29, 1.82) is 0 Å². The molecule has 0 radical (unpaired) electrons. The topological polar surface area (TPSA) is 41.9 Å². The number of piperidine rings is 1. The minimum absolute atomic E-state index is 0.452. The minimum Gasteiger partial charge on any atom is -0.306 e. The third-order valence-electron chi connectivity index (χ3n) is 3.70. The molecule has 0 bridgehead atoms. The Bertz CT molecular complexity index is 608. The van der Waals surface area contributed by atoms with Gasteiger partial charge >= 0.3 is 0 Å². The van der Waals surface area contributed by atoms with Gasteiger partial charge in [0, 0.05) is 29.2 Å². The average Bonchev–Trinajstić information content (AvgIpc) is 2.85. The summed E-state index contributed by atoms with van der Waals surface area (Å²) in [5, 5.41) is 3.07. The van der Waals surface area contributed by atoms with E-state index in [2.05, 4.69) is 27.3 Å². The van der Waals surface area contributed by atoms with E-state index >= 15 is 0 Å². The van der Waals surface area contributed by atoms with E-state index < -0.39 is 0 Å². The third-order valence-corrected chi connectivity index (χ3v) is 4.68. The molecular weight excluding hydrogens is 268 g/mol. The summed E-state index contributed by atoms with van der Waals surface area (Å²) in [6, 6.07) is 2.04. The van der Waals surface area contributed by atoms with Crippen LogP contribution in [0.3, 0.4) is 0 Å². The van der Waals surface area contributed by atoms with Crippen molar-refractivity contribution < 1.29 is 0 Å². The Hall–Kier alpha value is -1.33. The van der Waals surface area contributed by atoms with Gasteiger partial charge in [-0.3, -0.25) is 0 Å². The van der Waals surface area contributed by atoms with E-state index in [4.69, 9.17) is 4.98 Å². The summed E-state index contributed by atoms with van der Waals surface area (Å²) < 4.78 is 0. The smallest absolute Gasteiger partial charge is 0.142 e. The fourth-order valence-corrected chi connectivity index (χ4v) is 3.49. The van der Waals surface area contributed by atoms with Crippen LogP contribution in [-0.2, 0) is 0 Å². The number of hydrogen-bond acceptors (Lipinski definition) is 5. The van der Waals surface area contributed by atoms with Gasteiger partial charge in [-0.15, -0.1) is 11.3 Å². The van der Waals surface area contributed by atoms with Gasteiger partial charge in [-0.1, -0.05) is 0 Å². The molecule has 3 rings (SSSR count). The zero-order valence-electron chi connectivity index (χ0n) is 12.3. The number of aromatic nitrogens is 3. The van der Waals surface area contributed by atoms with Gasteiger partial charge in [0.1, 0.15) is 16.5 Å². The molecule has 2 aromatic rings. The molecule has 1 aliphatic heterocycles. The molecule has 0 spiro atoms. The minimum atomic E-state index is 0.452. The van der Waals surface area contributed by atoms with E-state index in [0.717, 1.165) is 34.5 Å². The van der Waals surface area contributed by atoms with Gasteiger partial charge < -0.3 is 4.90 Å². The Kier molecular flexibility index (Phi) is 3.81. The first kappa shape index (κ1) is 13.6. The monoisotopic (exact) mass is 288 g/mol. The van der Waals surface area contributed by atoms with E-state index in [9.17, 15) is 0 Å². The van der Waals surface area contributed by atoms with Crippen LogP contribution in [0.15, 0.2) is 11.4 Å². The van der Waals surface area contributed by atoms with E-state index in [-0.39, 0.29) is 0 Å². The largest absolute Gasteiger partial charge is 0.306 e. The molecule has 0 aromatic carbocycles. The maximum Gasteiger partial charge on any atom is 0.142 e. The highest BCUT2D eigenvalue weighted by atomic mass is 32.1. The van der Waals surface area contributed by atoms with Crippen molar-refractivity contribution >= 4 is 11.3 Å².